The van der Waals surface area contributed by atoms with Crippen LogP contribution in [0.15, 0.2) is 0 Å². The van der Waals surface area contributed by atoms with Crippen molar-refractivity contribution in [2.75, 3.05) is 13.6 Å². The number of carbonyl (C=O) groups is 1. The van der Waals surface area contributed by atoms with Gasteiger partial charge in [-0.25, -0.2) is 10.9 Å². The molecule has 50 valence electrons. The van der Waals surface area contributed by atoms with Crippen LogP contribution in [0.4, 0.5) is 0 Å². The van der Waals surface area contributed by atoms with Gasteiger partial charge in [-0.2, -0.15) is 0 Å². The second-order valence-corrected chi connectivity index (χ2v) is 2.27. The molecule has 1 rings (SSSR count). The molecule has 5 heteroatoms. The molecule has 4 nitrogen and oxygen atoms in total. The molecule has 0 aromatic carbocycles. The highest BCUT2D eigenvalue weighted by Gasteiger charge is 2.26. The Morgan fingerprint density at radius 1 is 1.78 bits per heavy atom. The minimum Gasteiger partial charge on any atom is -0.341 e. The Hall–Kier alpha value is -0.680. The molecule has 0 bridgehead atoms. The van der Waals surface area contributed by atoms with Crippen LogP contribution in [0, 0.1) is 0 Å². The van der Waals surface area contributed by atoms with Gasteiger partial charge in [0.15, 0.2) is 5.11 Å². The molecule has 0 atom stereocenters. The maximum absolute atomic E-state index is 10.7. The summed E-state index contributed by atoms with van der Waals surface area (Å²) in [5.74, 6) is 5.06. The molecule has 1 heterocycles. The third kappa shape index (κ3) is 0.883. The van der Waals surface area contributed by atoms with Crippen LogP contribution in [0.25, 0.3) is 0 Å². The number of hydrogen-bond acceptors (Lipinski definition) is 3. The first-order chi connectivity index (χ1) is 4.13. The van der Waals surface area contributed by atoms with Gasteiger partial charge in [0.1, 0.15) is 6.54 Å². The largest absolute Gasteiger partial charge is 0.341 e. The molecule has 0 saturated carbocycles. The zero-order chi connectivity index (χ0) is 7.02. The van der Waals surface area contributed by atoms with E-state index in [1.807, 2.05) is 0 Å². The predicted octanol–water partition coefficient (Wildman–Crippen LogP) is -1.08. The summed E-state index contributed by atoms with van der Waals surface area (Å²) in [7, 11) is 1.73. The summed E-state index contributed by atoms with van der Waals surface area (Å²) in [6, 6.07) is 0. The summed E-state index contributed by atoms with van der Waals surface area (Å²) >= 11 is 4.75. The number of nitrogens with zero attached hydrogens (tertiary/aromatic N) is 2. The van der Waals surface area contributed by atoms with Crippen LogP contribution < -0.4 is 5.84 Å². The second kappa shape index (κ2) is 1.93. The maximum Gasteiger partial charge on any atom is 0.262 e. The average molecular weight is 145 g/mol. The summed E-state index contributed by atoms with van der Waals surface area (Å²) in [6.45, 7) is 0.301. The second-order valence-electron chi connectivity index (χ2n) is 1.90. The molecular formula is C4H7N3OS. The molecule has 0 aromatic rings. The zero-order valence-electron chi connectivity index (χ0n) is 5.00. The van der Waals surface area contributed by atoms with Gasteiger partial charge in [-0.15, -0.1) is 0 Å². The Kier molecular flexibility index (Phi) is 1.38. The summed E-state index contributed by atoms with van der Waals surface area (Å²) in [6.07, 6.45) is 0. The molecule has 0 aromatic heterocycles. The third-order valence-corrected chi connectivity index (χ3v) is 1.68. The summed E-state index contributed by atoms with van der Waals surface area (Å²) in [4.78, 5) is 12.3. The van der Waals surface area contributed by atoms with Crippen molar-refractivity contribution in [2.45, 2.75) is 0 Å². The predicted molar refractivity (Wildman–Crippen MR) is 36.3 cm³/mol. The van der Waals surface area contributed by atoms with Crippen LogP contribution >= 0.6 is 12.2 Å². The van der Waals surface area contributed by atoms with E-state index in [4.69, 9.17) is 18.1 Å². The fourth-order valence-corrected chi connectivity index (χ4v) is 0.804. The van der Waals surface area contributed by atoms with E-state index in [1.54, 1.807) is 11.9 Å². The van der Waals surface area contributed by atoms with Gasteiger partial charge in [0.2, 0.25) is 0 Å². The lowest BCUT2D eigenvalue weighted by Crippen LogP contribution is -2.37. The van der Waals surface area contributed by atoms with Gasteiger partial charge in [0, 0.05) is 7.05 Å². The molecule has 1 aliphatic rings. The van der Waals surface area contributed by atoms with E-state index in [0.717, 1.165) is 5.01 Å². The highest BCUT2D eigenvalue weighted by molar-refractivity contribution is 7.80. The summed E-state index contributed by atoms with van der Waals surface area (Å²) < 4.78 is 0. The van der Waals surface area contributed by atoms with Gasteiger partial charge in [0.05, 0.1) is 0 Å². The monoisotopic (exact) mass is 145 g/mol. The topological polar surface area (TPSA) is 49.6 Å². The number of rotatable bonds is 0. The van der Waals surface area contributed by atoms with E-state index < -0.39 is 0 Å². The Labute approximate surface area is 58.2 Å². The van der Waals surface area contributed by atoms with Crippen LogP contribution in [0.3, 0.4) is 0 Å². The van der Waals surface area contributed by atoms with Crippen molar-refractivity contribution < 1.29 is 4.79 Å². The van der Waals surface area contributed by atoms with Crippen molar-refractivity contribution in [1.82, 2.24) is 9.91 Å². The Bertz CT molecular complexity index is 169. The van der Waals surface area contributed by atoms with Crippen molar-refractivity contribution in [3.05, 3.63) is 0 Å². The molecule has 0 radical (unpaired) electrons. The summed E-state index contributed by atoms with van der Waals surface area (Å²) in [5.41, 5.74) is 0. The first-order valence-corrected chi connectivity index (χ1v) is 2.86. The normalized spacial score (nSPS) is 19.8. The van der Waals surface area contributed by atoms with E-state index in [2.05, 4.69) is 0 Å². The Morgan fingerprint density at radius 3 is 2.44 bits per heavy atom. The van der Waals surface area contributed by atoms with Gasteiger partial charge in [-0.1, -0.05) is 0 Å². The molecule has 0 spiro atoms. The number of likely N-dealkylation sites (N-methyl/N-ethyl adjacent to an activating group) is 1. The van der Waals surface area contributed by atoms with E-state index >= 15 is 0 Å². The number of thiocarbonyl (C=S) groups is 1. The van der Waals surface area contributed by atoms with Crippen molar-refractivity contribution in [3.63, 3.8) is 0 Å². The van der Waals surface area contributed by atoms with Crippen LogP contribution in [0.2, 0.25) is 0 Å². The number of hydrogen-bond donors (Lipinski definition) is 1. The lowest BCUT2D eigenvalue weighted by molar-refractivity contribution is -0.125. The molecule has 0 unspecified atom stereocenters. The van der Waals surface area contributed by atoms with Crippen molar-refractivity contribution in [1.29, 1.82) is 0 Å². The molecule has 1 aliphatic heterocycles. The van der Waals surface area contributed by atoms with Gasteiger partial charge < -0.3 is 4.90 Å². The van der Waals surface area contributed by atoms with Crippen LogP contribution in [-0.2, 0) is 4.79 Å². The lowest BCUT2D eigenvalue weighted by Gasteiger charge is -2.09. The highest BCUT2D eigenvalue weighted by Crippen LogP contribution is 2.01. The molecule has 9 heavy (non-hydrogen) atoms. The smallest absolute Gasteiger partial charge is 0.262 e. The fraction of sp³-hybridized carbons (Fsp3) is 0.500. The molecule has 0 aliphatic carbocycles. The van der Waals surface area contributed by atoms with Crippen molar-refractivity contribution in [2.24, 2.45) is 5.84 Å². The molecule has 1 fully saturated rings. The van der Waals surface area contributed by atoms with E-state index in [0.29, 0.717) is 11.7 Å². The lowest BCUT2D eigenvalue weighted by atomic mass is 10.6. The fourth-order valence-electron chi connectivity index (χ4n) is 0.637. The number of nitrogens with two attached hydrogens (primary N) is 1. The minimum atomic E-state index is -0.150. The van der Waals surface area contributed by atoms with Gasteiger partial charge in [-0.05, 0) is 12.2 Å². The SMILES string of the molecule is CN1CC(=O)N(N)C1=S. The number of hydrazine groups is 1. The quantitative estimate of drug-likeness (QED) is 0.267. The van der Waals surface area contributed by atoms with E-state index in [9.17, 15) is 4.79 Å². The van der Waals surface area contributed by atoms with Gasteiger partial charge >= 0.3 is 0 Å². The average Bonchev–Trinajstić information content (AvgIpc) is 1.98. The van der Waals surface area contributed by atoms with Crippen LogP contribution in [0.1, 0.15) is 0 Å². The van der Waals surface area contributed by atoms with Crippen LogP contribution in [0.5, 0.6) is 0 Å². The Balaban J connectivity index is 2.77. The first kappa shape index (κ1) is 6.44. The van der Waals surface area contributed by atoms with E-state index in [-0.39, 0.29) is 5.91 Å². The number of carbonyl (C=O) groups excluding carboxylic acids is 1. The molecule has 1 amide bonds. The van der Waals surface area contributed by atoms with Gasteiger partial charge in [-0.3, -0.25) is 4.79 Å². The Morgan fingerprint density at radius 2 is 2.33 bits per heavy atom. The minimum absolute atomic E-state index is 0.150. The molecular weight excluding hydrogens is 138 g/mol. The first-order valence-electron chi connectivity index (χ1n) is 2.45. The standard InChI is InChI=1S/C4H7N3OS/c1-6-2-3(8)7(5)4(6)9/h2,5H2,1H3. The third-order valence-electron chi connectivity index (χ3n) is 1.17. The van der Waals surface area contributed by atoms with Crippen LogP contribution in [-0.4, -0.2) is 34.5 Å². The summed E-state index contributed by atoms with van der Waals surface area (Å²) in [5, 5.41) is 1.37. The van der Waals surface area contributed by atoms with Crippen molar-refractivity contribution >= 4 is 23.2 Å². The molecule has 1 saturated heterocycles. The number of amides is 1. The maximum atomic E-state index is 10.7. The highest BCUT2D eigenvalue weighted by atomic mass is 32.1. The van der Waals surface area contributed by atoms with E-state index in [1.165, 1.54) is 0 Å². The van der Waals surface area contributed by atoms with Gasteiger partial charge in [0.25, 0.3) is 5.91 Å². The molecule has 2 N–H and O–H groups in total. The van der Waals surface area contributed by atoms with Crippen molar-refractivity contribution in [3.8, 4) is 0 Å². The zero-order valence-corrected chi connectivity index (χ0v) is 5.81.